The molecule has 0 aromatic heterocycles. The van der Waals surface area contributed by atoms with Crippen LogP contribution in [-0.2, 0) is 4.79 Å². The van der Waals surface area contributed by atoms with Gasteiger partial charge in [-0.05, 0) is 12.8 Å². The molecule has 3 N–H and O–H groups in total. The van der Waals surface area contributed by atoms with Crippen molar-refractivity contribution in [2.24, 2.45) is 5.73 Å². The lowest BCUT2D eigenvalue weighted by atomic mass is 9.98. The summed E-state index contributed by atoms with van der Waals surface area (Å²) in [5.74, 6) is -0.333. The average molecular weight is 159 g/mol. The number of nitrogens with two attached hydrogens (primary N) is 1. The van der Waals surface area contributed by atoms with E-state index in [9.17, 15) is 4.79 Å². The standard InChI is InChI=1S/C6H12O.C2H5NO/c7-6-4-2-1-3-5-6;1-2(3)4/h6-7H,1-5H2;1H3,(H2,3,4). The topological polar surface area (TPSA) is 63.3 Å². The van der Waals surface area contributed by atoms with Gasteiger partial charge in [-0.1, -0.05) is 19.3 Å². The van der Waals surface area contributed by atoms with E-state index >= 15 is 0 Å². The fraction of sp³-hybridized carbons (Fsp3) is 0.875. The Hall–Kier alpha value is -0.570. The summed E-state index contributed by atoms with van der Waals surface area (Å²) < 4.78 is 0. The SMILES string of the molecule is CC(N)=O.OC1CCCCC1. The highest BCUT2D eigenvalue weighted by Crippen LogP contribution is 2.16. The fourth-order valence-electron chi connectivity index (χ4n) is 1.08. The van der Waals surface area contributed by atoms with E-state index < -0.39 is 0 Å². The van der Waals surface area contributed by atoms with Crippen molar-refractivity contribution in [3.8, 4) is 0 Å². The van der Waals surface area contributed by atoms with Crippen LogP contribution in [-0.4, -0.2) is 17.1 Å². The van der Waals surface area contributed by atoms with Crippen LogP contribution >= 0.6 is 0 Å². The largest absolute Gasteiger partial charge is 0.393 e. The minimum absolute atomic E-state index is 0.0359. The van der Waals surface area contributed by atoms with Gasteiger partial charge in [-0.2, -0.15) is 0 Å². The van der Waals surface area contributed by atoms with Gasteiger partial charge in [0.25, 0.3) is 0 Å². The fourth-order valence-corrected chi connectivity index (χ4v) is 1.08. The first-order valence-corrected chi connectivity index (χ1v) is 4.07. The Morgan fingerprint density at radius 3 is 1.91 bits per heavy atom. The van der Waals surface area contributed by atoms with Crippen molar-refractivity contribution >= 4 is 5.91 Å². The number of aliphatic hydroxyl groups excluding tert-OH is 1. The maximum atomic E-state index is 9.22. The van der Waals surface area contributed by atoms with Crippen LogP contribution in [0.4, 0.5) is 0 Å². The van der Waals surface area contributed by atoms with Gasteiger partial charge in [0.05, 0.1) is 6.10 Å². The van der Waals surface area contributed by atoms with Crippen molar-refractivity contribution < 1.29 is 9.90 Å². The summed E-state index contributed by atoms with van der Waals surface area (Å²) in [6, 6.07) is 0. The second kappa shape index (κ2) is 6.16. The van der Waals surface area contributed by atoms with E-state index in [1.165, 1.54) is 26.2 Å². The number of hydrogen-bond acceptors (Lipinski definition) is 2. The molecule has 1 aliphatic carbocycles. The van der Waals surface area contributed by atoms with Crippen LogP contribution in [0, 0.1) is 0 Å². The number of carbonyl (C=O) groups excluding carboxylic acids is 1. The predicted molar refractivity (Wildman–Crippen MR) is 44.0 cm³/mol. The molecule has 0 aliphatic heterocycles. The van der Waals surface area contributed by atoms with Gasteiger partial charge in [0.15, 0.2) is 0 Å². The molecule has 0 atom stereocenters. The molecule has 0 aromatic carbocycles. The Morgan fingerprint density at radius 1 is 1.36 bits per heavy atom. The van der Waals surface area contributed by atoms with E-state index in [-0.39, 0.29) is 12.0 Å². The van der Waals surface area contributed by atoms with E-state index in [1.807, 2.05) is 0 Å². The van der Waals surface area contributed by atoms with Crippen molar-refractivity contribution in [2.75, 3.05) is 0 Å². The molecule has 1 aliphatic rings. The first-order valence-electron chi connectivity index (χ1n) is 4.07. The zero-order chi connectivity index (χ0) is 8.69. The number of rotatable bonds is 0. The maximum absolute atomic E-state index is 9.22. The Balaban J connectivity index is 0.000000218. The molecule has 1 amide bonds. The normalized spacial score (nSPS) is 18.4. The van der Waals surface area contributed by atoms with Gasteiger partial charge >= 0.3 is 0 Å². The second-order valence-corrected chi connectivity index (χ2v) is 2.90. The van der Waals surface area contributed by atoms with E-state index in [0.29, 0.717) is 0 Å². The lowest BCUT2D eigenvalue weighted by Gasteiger charge is -2.14. The maximum Gasteiger partial charge on any atom is 0.214 e. The zero-order valence-electron chi connectivity index (χ0n) is 7.05. The molecule has 0 bridgehead atoms. The number of aliphatic hydroxyl groups is 1. The van der Waals surface area contributed by atoms with Crippen LogP contribution in [0.5, 0.6) is 0 Å². The number of primary amides is 1. The number of carbonyl (C=O) groups is 1. The summed E-state index contributed by atoms with van der Waals surface area (Å²) >= 11 is 0. The van der Waals surface area contributed by atoms with Crippen molar-refractivity contribution in [3.63, 3.8) is 0 Å². The summed E-state index contributed by atoms with van der Waals surface area (Å²) in [6.45, 7) is 1.31. The smallest absolute Gasteiger partial charge is 0.214 e. The van der Waals surface area contributed by atoms with Crippen LogP contribution in [0.25, 0.3) is 0 Å². The van der Waals surface area contributed by atoms with Gasteiger partial charge in [-0.15, -0.1) is 0 Å². The van der Waals surface area contributed by atoms with Crippen molar-refractivity contribution in [3.05, 3.63) is 0 Å². The molecule has 66 valence electrons. The molecular formula is C8H17NO2. The first-order chi connectivity index (χ1) is 5.13. The van der Waals surface area contributed by atoms with E-state index in [4.69, 9.17) is 5.11 Å². The van der Waals surface area contributed by atoms with Crippen molar-refractivity contribution in [1.82, 2.24) is 0 Å². The molecule has 0 radical (unpaired) electrons. The lowest BCUT2D eigenvalue weighted by Crippen LogP contribution is -2.09. The van der Waals surface area contributed by atoms with Crippen molar-refractivity contribution in [2.45, 2.75) is 45.1 Å². The quantitative estimate of drug-likeness (QED) is 0.549. The highest BCUT2D eigenvalue weighted by atomic mass is 16.3. The van der Waals surface area contributed by atoms with E-state index in [1.54, 1.807) is 0 Å². The molecule has 1 saturated carbocycles. The predicted octanol–water partition coefficient (Wildman–Crippen LogP) is 0.803. The molecule has 1 fully saturated rings. The lowest BCUT2D eigenvalue weighted by molar-refractivity contribution is -0.115. The molecule has 0 spiro atoms. The molecule has 0 heterocycles. The minimum Gasteiger partial charge on any atom is -0.393 e. The summed E-state index contributed by atoms with van der Waals surface area (Å²) in [5, 5.41) is 8.91. The Labute approximate surface area is 67.6 Å². The molecular weight excluding hydrogens is 142 g/mol. The summed E-state index contributed by atoms with van der Waals surface area (Å²) in [7, 11) is 0. The Bertz CT molecular complexity index is 105. The molecule has 1 rings (SSSR count). The van der Waals surface area contributed by atoms with Gasteiger partial charge in [0, 0.05) is 6.92 Å². The van der Waals surface area contributed by atoms with E-state index in [0.717, 1.165) is 12.8 Å². The molecule has 0 saturated heterocycles. The Morgan fingerprint density at radius 2 is 1.73 bits per heavy atom. The summed E-state index contributed by atoms with van der Waals surface area (Å²) in [4.78, 5) is 9.22. The molecule has 3 heteroatoms. The third-order valence-corrected chi connectivity index (χ3v) is 1.57. The first kappa shape index (κ1) is 10.4. The molecule has 3 nitrogen and oxygen atoms in total. The monoisotopic (exact) mass is 159 g/mol. The van der Waals surface area contributed by atoms with E-state index in [2.05, 4.69) is 5.73 Å². The molecule has 0 aromatic rings. The summed E-state index contributed by atoms with van der Waals surface area (Å²) in [5.41, 5.74) is 4.47. The van der Waals surface area contributed by atoms with Crippen LogP contribution in [0.2, 0.25) is 0 Å². The molecule has 0 unspecified atom stereocenters. The third kappa shape index (κ3) is 9.43. The average Bonchev–Trinajstić information content (AvgIpc) is 1.87. The Kier molecular flexibility index (Phi) is 5.84. The molecule has 11 heavy (non-hydrogen) atoms. The van der Waals surface area contributed by atoms with Gasteiger partial charge in [-0.25, -0.2) is 0 Å². The van der Waals surface area contributed by atoms with Gasteiger partial charge < -0.3 is 10.8 Å². The zero-order valence-corrected chi connectivity index (χ0v) is 7.05. The number of hydrogen-bond donors (Lipinski definition) is 2. The van der Waals surface area contributed by atoms with Gasteiger partial charge in [-0.3, -0.25) is 4.79 Å². The minimum atomic E-state index is -0.333. The highest BCUT2D eigenvalue weighted by molar-refractivity contribution is 5.70. The highest BCUT2D eigenvalue weighted by Gasteiger charge is 2.07. The van der Waals surface area contributed by atoms with Crippen LogP contribution in [0.15, 0.2) is 0 Å². The van der Waals surface area contributed by atoms with Crippen LogP contribution in [0.3, 0.4) is 0 Å². The van der Waals surface area contributed by atoms with Crippen LogP contribution in [0.1, 0.15) is 39.0 Å². The van der Waals surface area contributed by atoms with Crippen LogP contribution < -0.4 is 5.73 Å². The number of amides is 1. The summed E-state index contributed by atoms with van der Waals surface area (Å²) in [6.07, 6.45) is 5.92. The van der Waals surface area contributed by atoms with Crippen molar-refractivity contribution in [1.29, 1.82) is 0 Å². The second-order valence-electron chi connectivity index (χ2n) is 2.90. The third-order valence-electron chi connectivity index (χ3n) is 1.57. The van der Waals surface area contributed by atoms with Gasteiger partial charge in [0.2, 0.25) is 5.91 Å². The van der Waals surface area contributed by atoms with Gasteiger partial charge in [0.1, 0.15) is 0 Å².